The normalized spacial score (nSPS) is 18.0. The predicted octanol–water partition coefficient (Wildman–Crippen LogP) is 3.58. The van der Waals surface area contributed by atoms with Crippen molar-refractivity contribution in [3.8, 4) is 5.75 Å². The molecular weight excluding hydrogens is 361 g/mol. The fourth-order valence-electron chi connectivity index (χ4n) is 3.52. The van der Waals surface area contributed by atoms with Crippen LogP contribution in [0.5, 0.6) is 5.75 Å². The lowest BCUT2D eigenvalue weighted by molar-refractivity contribution is 0.0525. The van der Waals surface area contributed by atoms with E-state index in [4.69, 9.17) is 9.47 Å². The molecule has 150 valence electrons. The van der Waals surface area contributed by atoms with E-state index in [-0.39, 0.29) is 24.4 Å². The molecule has 2 aromatic rings. The van der Waals surface area contributed by atoms with Gasteiger partial charge in [0.25, 0.3) is 0 Å². The Hall–Kier alpha value is -2.44. The van der Waals surface area contributed by atoms with Gasteiger partial charge < -0.3 is 14.6 Å². The molecule has 1 heterocycles. The second kappa shape index (κ2) is 9.66. The van der Waals surface area contributed by atoms with E-state index < -0.39 is 6.10 Å². The molecular formula is C22H26FNO4. The minimum atomic E-state index is -0.647. The highest BCUT2D eigenvalue weighted by molar-refractivity contribution is 5.89. The third-order valence-corrected chi connectivity index (χ3v) is 4.87. The van der Waals surface area contributed by atoms with Gasteiger partial charge in [-0.25, -0.2) is 9.18 Å². The van der Waals surface area contributed by atoms with Crippen LogP contribution < -0.4 is 4.74 Å². The zero-order valence-electron chi connectivity index (χ0n) is 16.0. The number of nitrogens with zero attached hydrogens (tertiary/aromatic N) is 1. The van der Waals surface area contributed by atoms with E-state index in [1.165, 1.54) is 12.1 Å². The third-order valence-electron chi connectivity index (χ3n) is 4.87. The number of likely N-dealkylation sites (tertiary alicyclic amines) is 1. The molecule has 0 aliphatic carbocycles. The number of hydrogen-bond acceptors (Lipinski definition) is 5. The Balaban J connectivity index is 1.50. The fraction of sp³-hybridized carbons (Fsp3) is 0.409. The Morgan fingerprint density at radius 1 is 1.21 bits per heavy atom. The van der Waals surface area contributed by atoms with Gasteiger partial charge in [0, 0.05) is 12.6 Å². The molecule has 28 heavy (non-hydrogen) atoms. The highest BCUT2D eigenvalue weighted by Gasteiger charge is 2.27. The Morgan fingerprint density at radius 2 is 1.93 bits per heavy atom. The Bertz CT molecular complexity index is 763. The van der Waals surface area contributed by atoms with Crippen LogP contribution in [0, 0.1) is 5.82 Å². The first-order valence-electron chi connectivity index (χ1n) is 9.64. The van der Waals surface area contributed by atoms with Crippen molar-refractivity contribution in [2.24, 2.45) is 0 Å². The first kappa shape index (κ1) is 20.3. The maximum atomic E-state index is 13.2. The second-order valence-corrected chi connectivity index (χ2v) is 6.91. The van der Waals surface area contributed by atoms with Gasteiger partial charge in [0.05, 0.1) is 12.2 Å². The number of benzene rings is 2. The summed E-state index contributed by atoms with van der Waals surface area (Å²) in [6.07, 6.45) is 1.39. The summed E-state index contributed by atoms with van der Waals surface area (Å²) in [6.45, 7) is 3.64. The summed E-state index contributed by atoms with van der Waals surface area (Å²) < 4.78 is 23.8. The average Bonchev–Trinajstić information content (AvgIpc) is 3.15. The molecule has 0 spiro atoms. The molecule has 0 aromatic heterocycles. The second-order valence-electron chi connectivity index (χ2n) is 6.91. The van der Waals surface area contributed by atoms with Gasteiger partial charge in [-0.05, 0) is 68.3 Å². The van der Waals surface area contributed by atoms with Gasteiger partial charge >= 0.3 is 5.97 Å². The topological polar surface area (TPSA) is 59.0 Å². The van der Waals surface area contributed by atoms with E-state index in [1.54, 1.807) is 31.2 Å². The number of hydrogen-bond donors (Lipinski definition) is 1. The lowest BCUT2D eigenvalue weighted by Gasteiger charge is -2.27. The molecule has 0 radical (unpaired) electrons. The van der Waals surface area contributed by atoms with Crippen molar-refractivity contribution in [2.75, 3.05) is 26.3 Å². The number of β-amino-alcohol motifs (C(OH)–C–C–N with tert-alkyl or cyclic N) is 1. The summed E-state index contributed by atoms with van der Waals surface area (Å²) in [5, 5.41) is 10.4. The van der Waals surface area contributed by atoms with Crippen LogP contribution in [0.4, 0.5) is 4.39 Å². The number of rotatable bonds is 8. The number of aliphatic hydroxyl groups is 1. The molecule has 1 aliphatic rings. The fourth-order valence-corrected chi connectivity index (χ4v) is 3.52. The van der Waals surface area contributed by atoms with Crippen LogP contribution in [-0.4, -0.2) is 48.4 Å². The summed E-state index contributed by atoms with van der Waals surface area (Å²) in [5.41, 5.74) is 1.54. The quantitative estimate of drug-likeness (QED) is 0.702. The van der Waals surface area contributed by atoms with E-state index in [1.807, 2.05) is 12.1 Å². The molecule has 0 amide bonds. The van der Waals surface area contributed by atoms with E-state index in [0.29, 0.717) is 24.5 Å². The first-order valence-corrected chi connectivity index (χ1v) is 9.64. The van der Waals surface area contributed by atoms with Crippen molar-refractivity contribution >= 4 is 5.97 Å². The SMILES string of the molecule is CCOC(=O)c1ccc(OCC(O)CN2CCCC2c2ccc(F)cc2)cc1. The van der Waals surface area contributed by atoms with Crippen LogP contribution in [0.15, 0.2) is 48.5 Å². The summed E-state index contributed by atoms with van der Waals surface area (Å²) in [7, 11) is 0. The molecule has 1 fully saturated rings. The van der Waals surface area contributed by atoms with Gasteiger partial charge in [-0.2, -0.15) is 0 Å². The molecule has 1 aliphatic heterocycles. The van der Waals surface area contributed by atoms with Gasteiger partial charge in [0.15, 0.2) is 0 Å². The lowest BCUT2D eigenvalue weighted by atomic mass is 10.0. The van der Waals surface area contributed by atoms with Crippen LogP contribution in [-0.2, 0) is 4.74 Å². The maximum absolute atomic E-state index is 13.2. The zero-order chi connectivity index (χ0) is 19.9. The van der Waals surface area contributed by atoms with Gasteiger partial charge in [0.2, 0.25) is 0 Å². The highest BCUT2D eigenvalue weighted by atomic mass is 19.1. The van der Waals surface area contributed by atoms with Gasteiger partial charge in [-0.1, -0.05) is 12.1 Å². The van der Waals surface area contributed by atoms with Crippen LogP contribution in [0.1, 0.15) is 41.7 Å². The molecule has 1 N–H and O–H groups in total. The van der Waals surface area contributed by atoms with E-state index in [9.17, 15) is 14.3 Å². The lowest BCUT2D eigenvalue weighted by Crippen LogP contribution is -2.35. The Morgan fingerprint density at radius 3 is 2.61 bits per heavy atom. The van der Waals surface area contributed by atoms with Crippen molar-refractivity contribution in [2.45, 2.75) is 31.9 Å². The zero-order valence-corrected chi connectivity index (χ0v) is 16.0. The minimum absolute atomic E-state index is 0.158. The molecule has 0 bridgehead atoms. The maximum Gasteiger partial charge on any atom is 0.338 e. The molecule has 2 atom stereocenters. The largest absolute Gasteiger partial charge is 0.491 e. The van der Waals surface area contributed by atoms with Crippen molar-refractivity contribution in [1.29, 1.82) is 0 Å². The Kier molecular flexibility index (Phi) is 7.01. The Labute approximate surface area is 164 Å². The van der Waals surface area contributed by atoms with Gasteiger partial charge in [0.1, 0.15) is 24.3 Å². The standard InChI is InChI=1S/C22H26FNO4/c1-2-27-22(26)17-7-11-20(12-8-17)28-15-19(25)14-24-13-3-4-21(24)16-5-9-18(23)10-6-16/h5-12,19,21,25H,2-4,13-15H2,1H3. The number of carbonyl (C=O) groups is 1. The summed E-state index contributed by atoms with van der Waals surface area (Å²) >= 11 is 0. The van der Waals surface area contributed by atoms with Crippen LogP contribution >= 0.6 is 0 Å². The van der Waals surface area contributed by atoms with Gasteiger partial charge in [-0.15, -0.1) is 0 Å². The molecule has 3 rings (SSSR count). The van der Waals surface area contributed by atoms with Crippen molar-refractivity contribution in [3.05, 3.63) is 65.5 Å². The summed E-state index contributed by atoms with van der Waals surface area (Å²) in [6, 6.07) is 13.4. The van der Waals surface area contributed by atoms with E-state index >= 15 is 0 Å². The number of halogens is 1. The molecule has 6 heteroatoms. The van der Waals surface area contributed by atoms with Crippen LogP contribution in [0.2, 0.25) is 0 Å². The molecule has 5 nitrogen and oxygen atoms in total. The van der Waals surface area contributed by atoms with E-state index in [0.717, 1.165) is 24.9 Å². The highest BCUT2D eigenvalue weighted by Crippen LogP contribution is 2.32. The first-order chi connectivity index (χ1) is 13.6. The van der Waals surface area contributed by atoms with Crippen molar-refractivity contribution < 1.29 is 23.8 Å². The van der Waals surface area contributed by atoms with Crippen LogP contribution in [0.25, 0.3) is 0 Å². The van der Waals surface area contributed by atoms with Gasteiger partial charge in [-0.3, -0.25) is 4.90 Å². The van der Waals surface area contributed by atoms with Crippen LogP contribution in [0.3, 0.4) is 0 Å². The average molecular weight is 387 g/mol. The molecule has 1 saturated heterocycles. The monoisotopic (exact) mass is 387 g/mol. The minimum Gasteiger partial charge on any atom is -0.491 e. The molecule has 2 unspecified atom stereocenters. The van der Waals surface area contributed by atoms with Crippen molar-refractivity contribution in [1.82, 2.24) is 4.90 Å². The number of esters is 1. The molecule has 0 saturated carbocycles. The number of aliphatic hydroxyl groups excluding tert-OH is 1. The smallest absolute Gasteiger partial charge is 0.338 e. The summed E-state index contributed by atoms with van der Waals surface area (Å²) in [4.78, 5) is 13.9. The number of ether oxygens (including phenoxy) is 2. The third kappa shape index (κ3) is 5.30. The predicted molar refractivity (Wildman–Crippen MR) is 104 cm³/mol. The summed E-state index contributed by atoms with van der Waals surface area (Å²) in [5.74, 6) is -0.0192. The number of carbonyl (C=O) groups excluding carboxylic acids is 1. The molecule has 2 aromatic carbocycles. The van der Waals surface area contributed by atoms with E-state index in [2.05, 4.69) is 4.90 Å². The van der Waals surface area contributed by atoms with Crippen molar-refractivity contribution in [3.63, 3.8) is 0 Å².